The van der Waals surface area contributed by atoms with Crippen molar-refractivity contribution >= 4 is 27.5 Å². The Bertz CT molecular complexity index is 1420. The highest BCUT2D eigenvalue weighted by Gasteiger charge is 2.50. The molecule has 1 aromatic heterocycles. The molecule has 0 unspecified atom stereocenters. The van der Waals surface area contributed by atoms with Crippen LogP contribution in [-0.2, 0) is 14.8 Å². The molecule has 0 bridgehead atoms. The van der Waals surface area contributed by atoms with Gasteiger partial charge in [-0.05, 0) is 53.3 Å². The Morgan fingerprint density at radius 2 is 1.55 bits per heavy atom. The van der Waals surface area contributed by atoms with E-state index in [0.29, 0.717) is 11.4 Å². The van der Waals surface area contributed by atoms with Gasteiger partial charge in [-0.2, -0.15) is 4.31 Å². The molecule has 2 N–H and O–H groups in total. The van der Waals surface area contributed by atoms with Crippen LogP contribution >= 0.6 is 0 Å². The lowest BCUT2D eigenvalue weighted by Crippen LogP contribution is -2.64. The number of hydrogen-bond acceptors (Lipinski definition) is 5. The quantitative estimate of drug-likeness (QED) is 0.417. The van der Waals surface area contributed by atoms with E-state index >= 15 is 0 Å². The van der Waals surface area contributed by atoms with Gasteiger partial charge in [0.05, 0.1) is 4.90 Å². The topological polar surface area (TPSA) is 109 Å². The first-order valence-corrected chi connectivity index (χ1v) is 13.8. The number of anilines is 1. The molecule has 2 aromatic carbocycles. The average molecular weight is 536 g/mol. The van der Waals surface area contributed by atoms with Crippen LogP contribution in [0.25, 0.3) is 11.3 Å². The first kappa shape index (κ1) is 27.3. The third-order valence-corrected chi connectivity index (χ3v) is 8.65. The van der Waals surface area contributed by atoms with Gasteiger partial charge in [0.1, 0.15) is 5.76 Å². The summed E-state index contributed by atoms with van der Waals surface area (Å²) in [6.45, 7) is 11.8. The minimum absolute atomic E-state index is 0.125. The third-order valence-electron chi connectivity index (χ3n) is 6.84. The van der Waals surface area contributed by atoms with E-state index in [1.54, 1.807) is 24.3 Å². The van der Waals surface area contributed by atoms with Crippen LogP contribution in [0.2, 0.25) is 0 Å². The summed E-state index contributed by atoms with van der Waals surface area (Å²) >= 11 is 0. The first-order valence-electron chi connectivity index (χ1n) is 12.3. The smallest absolute Gasteiger partial charge is 0.291 e. The number of hydrogen-bond donors (Lipinski definition) is 2. The number of piperidine rings is 1. The van der Waals surface area contributed by atoms with Gasteiger partial charge in [0.25, 0.3) is 5.91 Å². The number of rotatable bonds is 7. The zero-order valence-electron chi connectivity index (χ0n) is 22.0. The SMILES string of the molecule is C=CC(=O)NC1C(C)(C)CN(S(=O)(=O)c2ccc(NC(=O)c3ccc(-c4ccccc4)o3)cc2)CC1(C)C. The molecule has 8 nitrogen and oxygen atoms in total. The average Bonchev–Trinajstić information content (AvgIpc) is 3.37. The number of furan rings is 1. The summed E-state index contributed by atoms with van der Waals surface area (Å²) in [6, 6.07) is 18.6. The van der Waals surface area contributed by atoms with Crippen molar-refractivity contribution in [3.8, 4) is 11.3 Å². The molecule has 2 amide bonds. The highest BCUT2D eigenvalue weighted by atomic mass is 32.2. The van der Waals surface area contributed by atoms with Gasteiger partial charge in [0.2, 0.25) is 15.9 Å². The minimum atomic E-state index is -3.82. The molecule has 2 heterocycles. The van der Waals surface area contributed by atoms with Gasteiger partial charge < -0.3 is 15.1 Å². The number of carbonyl (C=O) groups excluding carboxylic acids is 2. The largest absolute Gasteiger partial charge is 0.451 e. The molecule has 1 aliphatic heterocycles. The molecule has 0 aliphatic carbocycles. The summed E-state index contributed by atoms with van der Waals surface area (Å²) in [4.78, 5) is 24.8. The van der Waals surface area contributed by atoms with E-state index in [1.807, 2.05) is 58.0 Å². The molecule has 38 heavy (non-hydrogen) atoms. The van der Waals surface area contributed by atoms with Gasteiger partial charge in [0.15, 0.2) is 5.76 Å². The Labute approximate surface area is 223 Å². The van der Waals surface area contributed by atoms with Crippen molar-refractivity contribution in [2.75, 3.05) is 18.4 Å². The monoisotopic (exact) mass is 535 g/mol. The van der Waals surface area contributed by atoms with E-state index in [9.17, 15) is 18.0 Å². The Kier molecular flexibility index (Phi) is 7.36. The molecule has 3 aromatic rings. The van der Waals surface area contributed by atoms with E-state index < -0.39 is 26.8 Å². The Morgan fingerprint density at radius 3 is 2.13 bits per heavy atom. The molecule has 0 atom stereocenters. The van der Waals surface area contributed by atoms with Crippen LogP contribution in [0.15, 0.2) is 88.7 Å². The van der Waals surface area contributed by atoms with E-state index in [2.05, 4.69) is 17.2 Å². The summed E-state index contributed by atoms with van der Waals surface area (Å²) in [5.74, 6) is 0.0122. The van der Waals surface area contributed by atoms with Crippen molar-refractivity contribution in [3.63, 3.8) is 0 Å². The second-order valence-corrected chi connectivity index (χ2v) is 12.8. The molecule has 9 heteroatoms. The van der Waals surface area contributed by atoms with Gasteiger partial charge in [-0.1, -0.05) is 64.6 Å². The van der Waals surface area contributed by atoms with Crippen LogP contribution < -0.4 is 10.6 Å². The Morgan fingerprint density at radius 1 is 0.947 bits per heavy atom. The summed E-state index contributed by atoms with van der Waals surface area (Å²) in [7, 11) is -3.82. The molecule has 1 aliphatic rings. The minimum Gasteiger partial charge on any atom is -0.451 e. The van der Waals surface area contributed by atoms with E-state index in [4.69, 9.17) is 4.42 Å². The predicted molar refractivity (Wildman–Crippen MR) is 147 cm³/mol. The summed E-state index contributed by atoms with van der Waals surface area (Å²) in [5.41, 5.74) is 0.254. The Balaban J connectivity index is 1.47. The van der Waals surface area contributed by atoms with Crippen LogP contribution in [-0.4, -0.2) is 43.7 Å². The zero-order valence-corrected chi connectivity index (χ0v) is 22.8. The molecule has 0 saturated carbocycles. The molecule has 200 valence electrons. The van der Waals surface area contributed by atoms with Crippen LogP contribution in [0.5, 0.6) is 0 Å². The van der Waals surface area contributed by atoms with Gasteiger partial charge in [-0.3, -0.25) is 9.59 Å². The maximum absolute atomic E-state index is 13.6. The van der Waals surface area contributed by atoms with Crippen LogP contribution in [0.3, 0.4) is 0 Å². The Hall–Kier alpha value is -3.69. The number of amides is 2. The molecule has 4 rings (SSSR count). The van der Waals surface area contributed by atoms with Gasteiger partial charge in [-0.15, -0.1) is 0 Å². The fraction of sp³-hybridized carbons (Fsp3) is 0.310. The molecular weight excluding hydrogens is 502 g/mol. The maximum Gasteiger partial charge on any atom is 0.291 e. The lowest BCUT2D eigenvalue weighted by molar-refractivity contribution is -0.120. The molecule has 0 radical (unpaired) electrons. The molecule has 1 saturated heterocycles. The van der Waals surface area contributed by atoms with Gasteiger partial charge in [0, 0.05) is 30.4 Å². The lowest BCUT2D eigenvalue weighted by atomic mass is 9.67. The maximum atomic E-state index is 13.6. The van der Waals surface area contributed by atoms with Crippen molar-refractivity contribution in [2.24, 2.45) is 10.8 Å². The van der Waals surface area contributed by atoms with Crippen LogP contribution in [0.1, 0.15) is 38.2 Å². The number of carbonyl (C=O) groups is 2. The lowest BCUT2D eigenvalue weighted by Gasteiger charge is -2.52. The van der Waals surface area contributed by atoms with Crippen molar-refractivity contribution < 1.29 is 22.4 Å². The van der Waals surface area contributed by atoms with E-state index in [1.165, 1.54) is 22.5 Å². The number of nitrogens with one attached hydrogen (secondary N) is 2. The fourth-order valence-corrected chi connectivity index (χ4v) is 7.02. The van der Waals surface area contributed by atoms with Gasteiger partial charge >= 0.3 is 0 Å². The zero-order chi connectivity index (χ0) is 27.7. The summed E-state index contributed by atoms with van der Waals surface area (Å²) in [5, 5.41) is 5.73. The molecular formula is C29H33N3O5S. The van der Waals surface area contributed by atoms with Crippen molar-refractivity contribution in [2.45, 2.75) is 38.6 Å². The second-order valence-electron chi connectivity index (χ2n) is 10.9. The number of sulfonamides is 1. The molecule has 1 fully saturated rings. The van der Waals surface area contributed by atoms with Crippen LogP contribution in [0, 0.1) is 10.8 Å². The van der Waals surface area contributed by atoms with Gasteiger partial charge in [-0.25, -0.2) is 8.42 Å². The number of nitrogens with zero attached hydrogens (tertiary/aromatic N) is 1. The van der Waals surface area contributed by atoms with Crippen molar-refractivity contribution in [1.82, 2.24) is 9.62 Å². The fourth-order valence-electron chi connectivity index (χ4n) is 5.24. The standard InChI is InChI=1S/C29H33N3O5S/c1-6-25(33)31-27-28(2,3)18-32(19-29(27,4)5)38(35,36)22-14-12-21(13-15-22)30-26(34)24-17-16-23(37-24)20-10-8-7-9-11-20/h6-17,27H,1,18-19H2,2-5H3,(H,30,34)(H,31,33). The molecule has 0 spiro atoms. The van der Waals surface area contributed by atoms with E-state index in [0.717, 1.165) is 5.56 Å². The van der Waals surface area contributed by atoms with Crippen molar-refractivity contribution in [3.05, 3.63) is 85.1 Å². The number of benzene rings is 2. The highest BCUT2D eigenvalue weighted by Crippen LogP contribution is 2.42. The third kappa shape index (κ3) is 5.58. The van der Waals surface area contributed by atoms with Crippen molar-refractivity contribution in [1.29, 1.82) is 0 Å². The summed E-state index contributed by atoms with van der Waals surface area (Å²) in [6.07, 6.45) is 1.23. The first-order chi connectivity index (χ1) is 17.8. The normalized spacial score (nSPS) is 17.5. The second kappa shape index (κ2) is 10.2. The van der Waals surface area contributed by atoms with Crippen LogP contribution in [0.4, 0.5) is 5.69 Å². The predicted octanol–water partition coefficient (Wildman–Crippen LogP) is 4.93. The summed E-state index contributed by atoms with van der Waals surface area (Å²) < 4.78 is 34.3. The highest BCUT2D eigenvalue weighted by molar-refractivity contribution is 7.89. The van der Waals surface area contributed by atoms with E-state index in [-0.39, 0.29) is 35.7 Å².